The molecule has 2 heterocycles. The van der Waals surface area contributed by atoms with E-state index in [4.69, 9.17) is 4.74 Å². The first-order valence-electron chi connectivity index (χ1n) is 5.59. The van der Waals surface area contributed by atoms with E-state index in [2.05, 4.69) is 15.2 Å². The molecule has 0 aliphatic carbocycles. The number of carbonyl (C=O) groups excluding carboxylic acids is 1. The molecule has 1 unspecified atom stereocenters. The lowest BCUT2D eigenvalue weighted by Gasteiger charge is -2.11. The number of fused-ring (bicyclic) bond motifs is 1. The van der Waals surface area contributed by atoms with E-state index >= 15 is 0 Å². The zero-order valence-electron chi connectivity index (χ0n) is 9.83. The summed E-state index contributed by atoms with van der Waals surface area (Å²) in [5.41, 5.74) is 0.630. The Bertz CT molecular complexity index is 523. The molecule has 0 spiro atoms. The van der Waals surface area contributed by atoms with Crippen molar-refractivity contribution in [3.05, 3.63) is 24.4 Å². The predicted octanol–water partition coefficient (Wildman–Crippen LogP) is 1.18. The second-order valence-electron chi connectivity index (χ2n) is 3.58. The smallest absolute Gasteiger partial charge is 0.316 e. The van der Waals surface area contributed by atoms with Gasteiger partial charge in [0.2, 0.25) is 0 Å². The summed E-state index contributed by atoms with van der Waals surface area (Å²) in [6.45, 7) is 4.08. The molecule has 0 saturated heterocycles. The molecule has 2 aromatic heterocycles. The highest BCUT2D eigenvalue weighted by molar-refractivity contribution is 5.77. The van der Waals surface area contributed by atoms with Crippen LogP contribution in [-0.2, 0) is 9.53 Å². The zero-order chi connectivity index (χ0) is 12.3. The maximum Gasteiger partial charge on any atom is 0.316 e. The van der Waals surface area contributed by atoms with Crippen LogP contribution < -0.4 is 0 Å². The molecule has 0 fully saturated rings. The number of hydrogen-bond donors (Lipinski definition) is 0. The highest BCUT2D eigenvalue weighted by Gasteiger charge is 2.25. The molecule has 2 aromatic rings. The molecule has 0 aromatic carbocycles. The van der Waals surface area contributed by atoms with Crippen molar-refractivity contribution in [2.75, 3.05) is 6.61 Å². The van der Waals surface area contributed by atoms with Gasteiger partial charge in [0.25, 0.3) is 0 Å². The minimum absolute atomic E-state index is 0.263. The molecule has 2 rings (SSSR count). The van der Waals surface area contributed by atoms with Gasteiger partial charge in [-0.3, -0.25) is 14.2 Å². The molecular formula is C11H14N4O2. The quantitative estimate of drug-likeness (QED) is 0.743. The Morgan fingerprint density at radius 3 is 3.00 bits per heavy atom. The third-order valence-electron chi connectivity index (χ3n) is 2.53. The molecule has 6 heteroatoms. The maximum atomic E-state index is 11.8. The van der Waals surface area contributed by atoms with Gasteiger partial charge in [-0.1, -0.05) is 6.92 Å². The van der Waals surface area contributed by atoms with E-state index in [0.717, 1.165) is 0 Å². The van der Waals surface area contributed by atoms with Gasteiger partial charge < -0.3 is 4.74 Å². The maximum absolute atomic E-state index is 11.8. The molecular weight excluding hydrogens is 220 g/mol. The summed E-state index contributed by atoms with van der Waals surface area (Å²) >= 11 is 0. The lowest BCUT2D eigenvalue weighted by atomic mass is 10.1. The first-order chi connectivity index (χ1) is 8.27. The third kappa shape index (κ3) is 2.11. The van der Waals surface area contributed by atoms with Gasteiger partial charge in [-0.15, -0.1) is 10.2 Å². The van der Waals surface area contributed by atoms with Crippen molar-refractivity contribution < 1.29 is 9.53 Å². The van der Waals surface area contributed by atoms with Gasteiger partial charge in [0, 0.05) is 12.4 Å². The van der Waals surface area contributed by atoms with E-state index in [1.165, 1.54) is 0 Å². The number of aromatic nitrogens is 4. The largest absolute Gasteiger partial charge is 0.465 e. The lowest BCUT2D eigenvalue weighted by Crippen LogP contribution is -2.17. The SMILES string of the molecule is CCOC(=O)C(CC)c1nnc2cnccn12. The van der Waals surface area contributed by atoms with E-state index < -0.39 is 0 Å². The molecule has 90 valence electrons. The second-order valence-corrected chi connectivity index (χ2v) is 3.58. The van der Waals surface area contributed by atoms with Gasteiger partial charge in [-0.2, -0.15) is 0 Å². The van der Waals surface area contributed by atoms with Gasteiger partial charge in [0.1, 0.15) is 5.92 Å². The first kappa shape index (κ1) is 11.5. The molecule has 0 bridgehead atoms. The van der Waals surface area contributed by atoms with E-state index in [1.807, 2.05) is 6.92 Å². The number of nitrogens with zero attached hydrogens (tertiary/aromatic N) is 4. The van der Waals surface area contributed by atoms with Crippen molar-refractivity contribution in [2.24, 2.45) is 0 Å². The normalized spacial score (nSPS) is 12.6. The summed E-state index contributed by atoms with van der Waals surface area (Å²) in [6.07, 6.45) is 5.61. The van der Waals surface area contributed by atoms with E-state index in [9.17, 15) is 4.79 Å². The average molecular weight is 234 g/mol. The monoisotopic (exact) mass is 234 g/mol. The Morgan fingerprint density at radius 1 is 1.47 bits per heavy atom. The van der Waals surface area contributed by atoms with Crippen LogP contribution in [0.3, 0.4) is 0 Å². The molecule has 0 aliphatic rings. The number of hydrogen-bond acceptors (Lipinski definition) is 5. The molecule has 0 aliphatic heterocycles. The van der Waals surface area contributed by atoms with Crippen LogP contribution in [0.5, 0.6) is 0 Å². The number of rotatable bonds is 4. The standard InChI is InChI=1S/C11H14N4O2/c1-3-8(11(16)17-4-2)10-14-13-9-7-12-5-6-15(9)10/h5-8H,3-4H2,1-2H3. The van der Waals surface area contributed by atoms with Crippen molar-refractivity contribution >= 4 is 11.6 Å². The highest BCUT2D eigenvalue weighted by Crippen LogP contribution is 2.19. The fourth-order valence-electron chi connectivity index (χ4n) is 1.71. The number of esters is 1. The minimum Gasteiger partial charge on any atom is -0.465 e. The predicted molar refractivity (Wildman–Crippen MR) is 60.4 cm³/mol. The van der Waals surface area contributed by atoms with Crippen molar-refractivity contribution in [2.45, 2.75) is 26.2 Å². The summed E-state index contributed by atoms with van der Waals surface area (Å²) in [7, 11) is 0. The lowest BCUT2D eigenvalue weighted by molar-refractivity contribution is -0.145. The summed E-state index contributed by atoms with van der Waals surface area (Å²) in [5, 5.41) is 8.01. The van der Waals surface area contributed by atoms with Crippen molar-refractivity contribution in [1.29, 1.82) is 0 Å². The molecule has 17 heavy (non-hydrogen) atoms. The van der Waals surface area contributed by atoms with Crippen LogP contribution in [0.1, 0.15) is 32.0 Å². The van der Waals surface area contributed by atoms with Crippen LogP contribution >= 0.6 is 0 Å². The minimum atomic E-state index is -0.382. The second kappa shape index (κ2) is 4.90. The van der Waals surface area contributed by atoms with E-state index in [-0.39, 0.29) is 11.9 Å². The van der Waals surface area contributed by atoms with Crippen LogP contribution in [0.25, 0.3) is 5.65 Å². The Kier molecular flexibility index (Phi) is 3.32. The fourth-order valence-corrected chi connectivity index (χ4v) is 1.71. The number of carbonyl (C=O) groups is 1. The Balaban J connectivity index is 2.40. The van der Waals surface area contributed by atoms with Crippen molar-refractivity contribution in [3.8, 4) is 0 Å². The van der Waals surface area contributed by atoms with Crippen LogP contribution in [-0.4, -0.2) is 32.2 Å². The van der Waals surface area contributed by atoms with E-state index in [0.29, 0.717) is 24.5 Å². The van der Waals surface area contributed by atoms with Crippen molar-refractivity contribution in [3.63, 3.8) is 0 Å². The summed E-state index contributed by atoms with van der Waals surface area (Å²) < 4.78 is 6.79. The molecule has 6 nitrogen and oxygen atoms in total. The van der Waals surface area contributed by atoms with Crippen LogP contribution in [0.15, 0.2) is 18.6 Å². The van der Waals surface area contributed by atoms with Crippen molar-refractivity contribution in [1.82, 2.24) is 19.6 Å². The van der Waals surface area contributed by atoms with Gasteiger partial charge in [-0.05, 0) is 13.3 Å². The Hall–Kier alpha value is -1.98. The Labute approximate surface area is 98.6 Å². The van der Waals surface area contributed by atoms with Gasteiger partial charge >= 0.3 is 5.97 Å². The number of ether oxygens (including phenoxy) is 1. The molecule has 1 atom stereocenters. The average Bonchev–Trinajstić information content (AvgIpc) is 2.75. The summed E-state index contributed by atoms with van der Waals surface area (Å²) in [5.74, 6) is -0.0446. The summed E-state index contributed by atoms with van der Waals surface area (Å²) in [6, 6.07) is 0. The Morgan fingerprint density at radius 2 is 2.29 bits per heavy atom. The highest BCUT2D eigenvalue weighted by atomic mass is 16.5. The van der Waals surface area contributed by atoms with Gasteiger partial charge in [0.05, 0.1) is 12.8 Å². The molecule has 0 amide bonds. The molecule has 0 saturated carbocycles. The van der Waals surface area contributed by atoms with E-state index in [1.54, 1.807) is 29.9 Å². The zero-order valence-corrected chi connectivity index (χ0v) is 9.83. The van der Waals surface area contributed by atoms with Crippen LogP contribution in [0.2, 0.25) is 0 Å². The van der Waals surface area contributed by atoms with Gasteiger partial charge in [-0.25, -0.2) is 0 Å². The summed E-state index contributed by atoms with van der Waals surface area (Å²) in [4.78, 5) is 15.8. The fraction of sp³-hybridized carbons (Fsp3) is 0.455. The van der Waals surface area contributed by atoms with Gasteiger partial charge in [0.15, 0.2) is 11.5 Å². The first-order valence-corrected chi connectivity index (χ1v) is 5.59. The van der Waals surface area contributed by atoms with Crippen LogP contribution in [0, 0.1) is 0 Å². The molecule has 0 N–H and O–H groups in total. The third-order valence-corrected chi connectivity index (χ3v) is 2.53. The topological polar surface area (TPSA) is 69.4 Å². The van der Waals surface area contributed by atoms with Crippen LogP contribution in [0.4, 0.5) is 0 Å². The molecule has 0 radical (unpaired) electrons.